The number of nitrogens with zero attached hydrogens (tertiary/aromatic N) is 4. The molecular weight excluding hydrogens is 568 g/mol. The zero-order valence-corrected chi connectivity index (χ0v) is 25.8. The Hall–Kier alpha value is -3.00. The van der Waals surface area contributed by atoms with E-state index in [1.165, 1.54) is 25.0 Å². The van der Waals surface area contributed by atoms with Gasteiger partial charge in [-0.3, -0.25) is 9.80 Å². The predicted molar refractivity (Wildman–Crippen MR) is 164 cm³/mol. The fourth-order valence-corrected chi connectivity index (χ4v) is 5.39. The van der Waals surface area contributed by atoms with Crippen LogP contribution in [0.1, 0.15) is 83.9 Å². The van der Waals surface area contributed by atoms with Gasteiger partial charge in [-0.05, 0) is 43.5 Å². The lowest BCUT2D eigenvalue weighted by molar-refractivity contribution is 0.0135. The molecule has 44 heavy (non-hydrogen) atoms. The van der Waals surface area contributed by atoms with Crippen LogP contribution in [0.25, 0.3) is 0 Å². The SMILES string of the molecule is CCCC(c1cccc(C(=O)O)n1)N(CCO)CCOCCOCCN(CCOC1CCCC1)Cc1cccc(C(=O)O)n1. The van der Waals surface area contributed by atoms with Crippen LogP contribution in [-0.2, 0) is 20.8 Å². The number of carboxylic acids is 2. The number of pyridine rings is 2. The number of rotatable bonds is 23. The summed E-state index contributed by atoms with van der Waals surface area (Å²) in [6.45, 7) is 7.18. The molecule has 12 nitrogen and oxygen atoms in total. The number of hydrogen-bond donors (Lipinski definition) is 3. The highest BCUT2D eigenvalue weighted by atomic mass is 16.5. The van der Waals surface area contributed by atoms with E-state index in [1.807, 2.05) is 12.1 Å². The van der Waals surface area contributed by atoms with Gasteiger partial charge < -0.3 is 29.5 Å². The molecule has 1 aliphatic rings. The first kappa shape index (κ1) is 35.5. The Labute approximate surface area is 260 Å². The minimum absolute atomic E-state index is 0.00546. The van der Waals surface area contributed by atoms with E-state index >= 15 is 0 Å². The minimum Gasteiger partial charge on any atom is -0.477 e. The molecule has 0 bridgehead atoms. The average molecular weight is 617 g/mol. The summed E-state index contributed by atoms with van der Waals surface area (Å²) in [5.41, 5.74) is 1.40. The van der Waals surface area contributed by atoms with Crippen LogP contribution < -0.4 is 0 Å². The molecule has 1 atom stereocenters. The smallest absolute Gasteiger partial charge is 0.354 e. The summed E-state index contributed by atoms with van der Waals surface area (Å²) in [4.78, 5) is 35.6. The molecule has 3 rings (SSSR count). The summed E-state index contributed by atoms with van der Waals surface area (Å²) >= 11 is 0. The van der Waals surface area contributed by atoms with Crippen molar-refractivity contribution in [3.63, 3.8) is 0 Å². The normalized spacial score (nSPS) is 14.5. The molecule has 12 heteroatoms. The topological polar surface area (TPSA) is 155 Å². The van der Waals surface area contributed by atoms with E-state index in [9.17, 15) is 24.9 Å². The Bertz CT molecular complexity index is 1130. The van der Waals surface area contributed by atoms with Gasteiger partial charge in [0, 0.05) is 32.7 Å². The van der Waals surface area contributed by atoms with Gasteiger partial charge >= 0.3 is 11.9 Å². The maximum Gasteiger partial charge on any atom is 0.354 e. The van der Waals surface area contributed by atoms with Crippen molar-refractivity contribution in [2.45, 2.75) is 64.1 Å². The molecule has 0 aromatic carbocycles. The summed E-state index contributed by atoms with van der Waals surface area (Å²) in [6, 6.07) is 9.91. The van der Waals surface area contributed by atoms with Crippen molar-refractivity contribution in [1.29, 1.82) is 0 Å². The number of aromatic nitrogens is 2. The van der Waals surface area contributed by atoms with Crippen LogP contribution >= 0.6 is 0 Å². The van der Waals surface area contributed by atoms with Crippen molar-refractivity contribution >= 4 is 11.9 Å². The third-order valence-corrected chi connectivity index (χ3v) is 7.64. The van der Waals surface area contributed by atoms with E-state index in [0.29, 0.717) is 83.3 Å². The number of hydrogen-bond acceptors (Lipinski definition) is 10. The maximum atomic E-state index is 11.4. The number of ether oxygens (including phenoxy) is 3. The number of aliphatic hydroxyl groups is 1. The maximum absolute atomic E-state index is 11.4. The third kappa shape index (κ3) is 12.5. The lowest BCUT2D eigenvalue weighted by Crippen LogP contribution is -2.35. The van der Waals surface area contributed by atoms with Gasteiger partial charge in [0.05, 0.1) is 63.2 Å². The highest BCUT2D eigenvalue weighted by Gasteiger charge is 2.22. The lowest BCUT2D eigenvalue weighted by atomic mass is 10.0. The molecule has 244 valence electrons. The summed E-state index contributed by atoms with van der Waals surface area (Å²) in [7, 11) is 0. The molecule has 0 saturated heterocycles. The van der Waals surface area contributed by atoms with Gasteiger partial charge in [-0.2, -0.15) is 0 Å². The largest absolute Gasteiger partial charge is 0.477 e. The Morgan fingerprint density at radius 3 is 2.16 bits per heavy atom. The Kier molecular flexibility index (Phi) is 16.2. The lowest BCUT2D eigenvalue weighted by Gasteiger charge is -2.31. The molecule has 0 aliphatic heterocycles. The summed E-state index contributed by atoms with van der Waals surface area (Å²) in [5.74, 6) is -2.11. The van der Waals surface area contributed by atoms with Crippen molar-refractivity contribution in [3.8, 4) is 0 Å². The van der Waals surface area contributed by atoms with E-state index in [2.05, 4.69) is 26.7 Å². The van der Waals surface area contributed by atoms with E-state index in [0.717, 1.165) is 25.7 Å². The molecule has 1 saturated carbocycles. The van der Waals surface area contributed by atoms with Crippen molar-refractivity contribution in [3.05, 3.63) is 59.2 Å². The van der Waals surface area contributed by atoms with Gasteiger partial charge in [-0.15, -0.1) is 0 Å². The van der Waals surface area contributed by atoms with E-state index < -0.39 is 11.9 Å². The summed E-state index contributed by atoms with van der Waals surface area (Å²) in [5, 5.41) is 28.3. The number of aliphatic hydroxyl groups excluding tert-OH is 1. The highest BCUT2D eigenvalue weighted by molar-refractivity contribution is 5.85. The van der Waals surface area contributed by atoms with Crippen LogP contribution in [0.5, 0.6) is 0 Å². The molecule has 2 heterocycles. The van der Waals surface area contributed by atoms with Crippen LogP contribution in [-0.4, -0.2) is 119 Å². The van der Waals surface area contributed by atoms with Crippen LogP contribution in [0.4, 0.5) is 0 Å². The fraction of sp³-hybridized carbons (Fsp3) is 0.625. The van der Waals surface area contributed by atoms with Gasteiger partial charge in [-0.25, -0.2) is 19.6 Å². The predicted octanol–water partition coefficient (Wildman–Crippen LogP) is 3.50. The first-order valence-corrected chi connectivity index (χ1v) is 15.6. The Balaban J connectivity index is 1.42. The molecular formula is C32H48N4O8. The van der Waals surface area contributed by atoms with Crippen molar-refractivity contribution < 1.29 is 39.1 Å². The quantitative estimate of drug-likeness (QED) is 0.157. The van der Waals surface area contributed by atoms with Crippen LogP contribution in [0.15, 0.2) is 36.4 Å². The second kappa shape index (κ2) is 20.1. The third-order valence-electron chi connectivity index (χ3n) is 7.64. The zero-order valence-electron chi connectivity index (χ0n) is 25.8. The summed E-state index contributed by atoms with van der Waals surface area (Å²) < 4.78 is 17.7. The molecule has 2 aromatic rings. The van der Waals surface area contributed by atoms with Gasteiger partial charge in [0.25, 0.3) is 0 Å². The number of carboxylic acid groups (broad SMARTS) is 2. The van der Waals surface area contributed by atoms with Crippen LogP contribution in [0.2, 0.25) is 0 Å². The molecule has 2 aromatic heterocycles. The van der Waals surface area contributed by atoms with Crippen molar-refractivity contribution in [2.24, 2.45) is 0 Å². The number of aromatic carboxylic acids is 2. The summed E-state index contributed by atoms with van der Waals surface area (Å²) in [6.07, 6.45) is 6.63. The highest BCUT2D eigenvalue weighted by Crippen LogP contribution is 2.24. The molecule has 0 radical (unpaired) electrons. The second-order valence-corrected chi connectivity index (χ2v) is 10.9. The standard InChI is InChI=1S/C32H48N4O8/c1-2-7-30(27-11-6-13-29(34-27)32(40)41)36(14-18-37)17-20-43-23-22-42-19-15-35(16-21-44-26-9-3-4-10-26)24-25-8-5-12-28(33-25)31(38)39/h5-6,8,11-13,26,30,37H,2-4,7,9-10,14-24H2,1H3,(H,38,39)(H,40,41). The molecule has 3 N–H and O–H groups in total. The molecule has 1 unspecified atom stereocenters. The first-order chi connectivity index (χ1) is 21.4. The van der Waals surface area contributed by atoms with Crippen LogP contribution in [0.3, 0.4) is 0 Å². The molecule has 1 fully saturated rings. The van der Waals surface area contributed by atoms with E-state index in [-0.39, 0.29) is 24.0 Å². The van der Waals surface area contributed by atoms with E-state index in [1.54, 1.807) is 12.1 Å². The van der Waals surface area contributed by atoms with Crippen LogP contribution in [0, 0.1) is 0 Å². The van der Waals surface area contributed by atoms with E-state index in [4.69, 9.17) is 14.2 Å². The van der Waals surface area contributed by atoms with Gasteiger partial charge in [0.1, 0.15) is 11.4 Å². The monoisotopic (exact) mass is 616 g/mol. The molecule has 0 amide bonds. The zero-order chi connectivity index (χ0) is 31.6. The van der Waals surface area contributed by atoms with Crippen molar-refractivity contribution in [1.82, 2.24) is 19.8 Å². The van der Waals surface area contributed by atoms with Gasteiger partial charge in [-0.1, -0.05) is 38.3 Å². The molecule has 1 aliphatic carbocycles. The van der Waals surface area contributed by atoms with Gasteiger partial charge in [0.2, 0.25) is 0 Å². The average Bonchev–Trinajstić information content (AvgIpc) is 3.54. The van der Waals surface area contributed by atoms with Gasteiger partial charge in [0.15, 0.2) is 0 Å². The Morgan fingerprint density at radius 2 is 1.50 bits per heavy atom. The fourth-order valence-electron chi connectivity index (χ4n) is 5.39. The number of carbonyl (C=O) groups is 2. The minimum atomic E-state index is -1.07. The van der Waals surface area contributed by atoms with Crippen molar-refractivity contribution in [2.75, 3.05) is 65.8 Å². The first-order valence-electron chi connectivity index (χ1n) is 15.6. The molecule has 0 spiro atoms. The second-order valence-electron chi connectivity index (χ2n) is 10.9. The Morgan fingerprint density at radius 1 is 0.864 bits per heavy atom.